The summed E-state index contributed by atoms with van der Waals surface area (Å²) in [6.07, 6.45) is 1.64. The molecule has 1 rings (SSSR count). The van der Waals surface area contributed by atoms with Gasteiger partial charge in [0, 0.05) is 26.1 Å². The first kappa shape index (κ1) is 12.0. The number of amides is 2. The highest BCUT2D eigenvalue weighted by molar-refractivity contribution is 5.81. The normalized spacial score (nSPS) is 19.8. The van der Waals surface area contributed by atoms with Gasteiger partial charge in [-0.3, -0.25) is 9.59 Å². The van der Waals surface area contributed by atoms with E-state index in [1.165, 1.54) is 6.92 Å². The van der Waals surface area contributed by atoms with E-state index in [-0.39, 0.29) is 17.9 Å². The van der Waals surface area contributed by atoms with Crippen LogP contribution in [-0.2, 0) is 9.59 Å². The number of nitrogens with one attached hydrogen (secondary N) is 1. The largest absolute Gasteiger partial charge is 0.353 e. The molecule has 1 unspecified atom stereocenters. The molecule has 1 saturated heterocycles. The van der Waals surface area contributed by atoms with Crippen LogP contribution < -0.4 is 11.1 Å². The van der Waals surface area contributed by atoms with Gasteiger partial charge in [0.15, 0.2) is 0 Å². The number of hydrogen-bond acceptors (Lipinski definition) is 3. The average molecular weight is 213 g/mol. The molecular weight excluding hydrogens is 194 g/mol. The topological polar surface area (TPSA) is 75.4 Å². The second kappa shape index (κ2) is 5.11. The zero-order chi connectivity index (χ0) is 11.4. The maximum absolute atomic E-state index is 11.5. The van der Waals surface area contributed by atoms with Crippen molar-refractivity contribution in [1.82, 2.24) is 10.2 Å². The van der Waals surface area contributed by atoms with Gasteiger partial charge < -0.3 is 16.0 Å². The second-order valence-electron chi connectivity index (χ2n) is 4.09. The Balaban J connectivity index is 2.35. The maximum atomic E-state index is 11.5. The van der Waals surface area contributed by atoms with Crippen molar-refractivity contribution in [3.8, 4) is 0 Å². The summed E-state index contributed by atoms with van der Waals surface area (Å²) in [5.41, 5.74) is 5.52. The third-order valence-electron chi connectivity index (χ3n) is 2.60. The molecule has 5 heteroatoms. The summed E-state index contributed by atoms with van der Waals surface area (Å²) in [4.78, 5) is 24.1. The molecule has 1 aliphatic heterocycles. The van der Waals surface area contributed by atoms with Crippen LogP contribution in [0.25, 0.3) is 0 Å². The van der Waals surface area contributed by atoms with E-state index in [4.69, 9.17) is 5.73 Å². The number of nitrogens with two attached hydrogens (primary N) is 1. The third-order valence-corrected chi connectivity index (χ3v) is 2.60. The molecule has 1 fully saturated rings. The fraction of sp³-hybridized carbons (Fsp3) is 0.800. The van der Waals surface area contributed by atoms with Gasteiger partial charge in [-0.25, -0.2) is 0 Å². The molecule has 0 radical (unpaired) electrons. The molecule has 0 aromatic heterocycles. The highest BCUT2D eigenvalue weighted by Gasteiger charge is 2.24. The predicted molar refractivity (Wildman–Crippen MR) is 57.1 cm³/mol. The van der Waals surface area contributed by atoms with Crippen molar-refractivity contribution in [1.29, 1.82) is 0 Å². The zero-order valence-corrected chi connectivity index (χ0v) is 9.32. The highest BCUT2D eigenvalue weighted by Crippen LogP contribution is 2.10. The summed E-state index contributed by atoms with van der Waals surface area (Å²) in [7, 11) is 0. The molecule has 86 valence electrons. The van der Waals surface area contributed by atoms with E-state index in [2.05, 4.69) is 5.32 Å². The summed E-state index contributed by atoms with van der Waals surface area (Å²) >= 11 is 0. The van der Waals surface area contributed by atoms with Gasteiger partial charge in [-0.15, -0.1) is 0 Å². The number of carbonyl (C=O) groups is 2. The average Bonchev–Trinajstić information content (AvgIpc) is 2.17. The van der Waals surface area contributed by atoms with Crippen molar-refractivity contribution < 1.29 is 9.59 Å². The lowest BCUT2D eigenvalue weighted by Gasteiger charge is -2.33. The third kappa shape index (κ3) is 3.51. The minimum absolute atomic E-state index is 0.00345. The van der Waals surface area contributed by atoms with Crippen molar-refractivity contribution in [2.75, 3.05) is 13.1 Å². The standard InChI is InChI=1S/C10H19N3O2/c1-7(11)10(15)13-5-3-9(4-6-13)12-8(2)14/h7,9H,3-6,11H2,1-2H3,(H,12,14). The number of carbonyl (C=O) groups excluding carboxylic acids is 2. The molecule has 0 aromatic rings. The molecule has 0 spiro atoms. The van der Waals surface area contributed by atoms with Crippen LogP contribution in [0.4, 0.5) is 0 Å². The summed E-state index contributed by atoms with van der Waals surface area (Å²) in [5.74, 6) is -0.0109. The summed E-state index contributed by atoms with van der Waals surface area (Å²) < 4.78 is 0. The van der Waals surface area contributed by atoms with E-state index in [1.807, 2.05) is 0 Å². The van der Waals surface area contributed by atoms with Crippen LogP contribution in [0, 0.1) is 0 Å². The van der Waals surface area contributed by atoms with Gasteiger partial charge in [0.25, 0.3) is 0 Å². The van der Waals surface area contributed by atoms with E-state index in [0.29, 0.717) is 13.1 Å². The lowest BCUT2D eigenvalue weighted by atomic mass is 10.0. The van der Waals surface area contributed by atoms with Gasteiger partial charge in [0.05, 0.1) is 6.04 Å². The molecule has 1 atom stereocenters. The first-order valence-corrected chi connectivity index (χ1v) is 5.32. The van der Waals surface area contributed by atoms with Gasteiger partial charge in [-0.2, -0.15) is 0 Å². The quantitative estimate of drug-likeness (QED) is 0.647. The lowest BCUT2D eigenvalue weighted by molar-refractivity contribution is -0.133. The number of rotatable bonds is 2. The Morgan fingerprint density at radius 2 is 1.93 bits per heavy atom. The van der Waals surface area contributed by atoms with Gasteiger partial charge in [-0.1, -0.05) is 0 Å². The minimum atomic E-state index is -0.428. The molecule has 0 saturated carbocycles. The minimum Gasteiger partial charge on any atom is -0.353 e. The molecule has 1 aliphatic rings. The van der Waals surface area contributed by atoms with Crippen molar-refractivity contribution in [3.63, 3.8) is 0 Å². The van der Waals surface area contributed by atoms with E-state index >= 15 is 0 Å². The Morgan fingerprint density at radius 1 is 1.40 bits per heavy atom. The van der Waals surface area contributed by atoms with Crippen molar-refractivity contribution in [3.05, 3.63) is 0 Å². The van der Waals surface area contributed by atoms with Crippen LogP contribution in [0.3, 0.4) is 0 Å². The molecule has 2 amide bonds. The first-order chi connectivity index (χ1) is 7.00. The smallest absolute Gasteiger partial charge is 0.239 e. The van der Waals surface area contributed by atoms with Crippen LogP contribution in [0.1, 0.15) is 26.7 Å². The van der Waals surface area contributed by atoms with E-state index in [1.54, 1.807) is 11.8 Å². The fourth-order valence-electron chi connectivity index (χ4n) is 1.82. The molecule has 0 bridgehead atoms. The molecule has 15 heavy (non-hydrogen) atoms. The molecule has 0 aliphatic carbocycles. The Hall–Kier alpha value is -1.10. The SMILES string of the molecule is CC(=O)NC1CCN(C(=O)C(C)N)CC1. The number of hydrogen-bond donors (Lipinski definition) is 2. The van der Waals surface area contributed by atoms with Crippen molar-refractivity contribution in [2.45, 2.75) is 38.8 Å². The maximum Gasteiger partial charge on any atom is 0.239 e. The summed E-state index contributed by atoms with van der Waals surface area (Å²) in [6, 6.07) is -0.220. The van der Waals surface area contributed by atoms with E-state index < -0.39 is 6.04 Å². The lowest BCUT2D eigenvalue weighted by Crippen LogP contribution is -2.49. The van der Waals surface area contributed by atoms with Gasteiger partial charge in [0.2, 0.25) is 11.8 Å². The van der Waals surface area contributed by atoms with Gasteiger partial charge >= 0.3 is 0 Å². The van der Waals surface area contributed by atoms with Crippen LogP contribution in [0.5, 0.6) is 0 Å². The van der Waals surface area contributed by atoms with Crippen molar-refractivity contribution in [2.24, 2.45) is 5.73 Å². The second-order valence-corrected chi connectivity index (χ2v) is 4.09. The molecular formula is C10H19N3O2. The molecule has 0 aromatic carbocycles. The van der Waals surface area contributed by atoms with Crippen molar-refractivity contribution >= 4 is 11.8 Å². The summed E-state index contributed by atoms with van der Waals surface area (Å²) in [6.45, 7) is 4.58. The van der Waals surface area contributed by atoms with E-state index in [9.17, 15) is 9.59 Å². The molecule has 5 nitrogen and oxygen atoms in total. The molecule has 1 heterocycles. The number of nitrogens with zero attached hydrogens (tertiary/aromatic N) is 1. The Bertz CT molecular complexity index is 245. The van der Waals surface area contributed by atoms with Crippen LogP contribution >= 0.6 is 0 Å². The monoisotopic (exact) mass is 213 g/mol. The van der Waals surface area contributed by atoms with Crippen LogP contribution in [-0.4, -0.2) is 41.9 Å². The predicted octanol–water partition coefficient (Wildman–Crippen LogP) is -0.539. The number of piperidine rings is 1. The number of likely N-dealkylation sites (tertiary alicyclic amines) is 1. The zero-order valence-electron chi connectivity index (χ0n) is 9.32. The molecule has 3 N–H and O–H groups in total. The Labute approximate surface area is 90.0 Å². The van der Waals surface area contributed by atoms with Gasteiger partial charge in [-0.05, 0) is 19.8 Å². The van der Waals surface area contributed by atoms with Gasteiger partial charge in [0.1, 0.15) is 0 Å². The Kier molecular flexibility index (Phi) is 4.08. The highest BCUT2D eigenvalue weighted by atomic mass is 16.2. The van der Waals surface area contributed by atoms with Crippen LogP contribution in [0.15, 0.2) is 0 Å². The van der Waals surface area contributed by atoms with Crippen LogP contribution in [0.2, 0.25) is 0 Å². The first-order valence-electron chi connectivity index (χ1n) is 5.32. The Morgan fingerprint density at radius 3 is 2.33 bits per heavy atom. The summed E-state index contributed by atoms with van der Waals surface area (Å²) in [5, 5.41) is 2.86. The fourth-order valence-corrected chi connectivity index (χ4v) is 1.82. The van der Waals surface area contributed by atoms with E-state index in [0.717, 1.165) is 12.8 Å².